The van der Waals surface area contributed by atoms with Gasteiger partial charge >= 0.3 is 0 Å². The highest BCUT2D eigenvalue weighted by molar-refractivity contribution is 6.31. The van der Waals surface area contributed by atoms with Gasteiger partial charge in [0.2, 0.25) is 0 Å². The zero-order valence-electron chi connectivity index (χ0n) is 17.5. The molecule has 0 saturated heterocycles. The Morgan fingerprint density at radius 3 is 2.48 bits per heavy atom. The number of amides is 1. The van der Waals surface area contributed by atoms with Crippen LogP contribution in [-0.4, -0.2) is 16.8 Å². The van der Waals surface area contributed by atoms with Gasteiger partial charge in [0.15, 0.2) is 11.5 Å². The third kappa shape index (κ3) is 5.25. The Morgan fingerprint density at radius 2 is 1.73 bits per heavy atom. The molecule has 0 fully saturated rings. The maximum absolute atomic E-state index is 13.1. The summed E-state index contributed by atoms with van der Waals surface area (Å²) in [6.45, 7) is 1.74. The first-order valence-corrected chi connectivity index (χ1v) is 10.7. The number of ether oxygens (including phenoxy) is 1. The van der Waals surface area contributed by atoms with Crippen molar-refractivity contribution in [1.29, 1.82) is 0 Å². The highest BCUT2D eigenvalue weighted by Gasteiger charge is 2.23. The molecule has 0 spiro atoms. The Kier molecular flexibility index (Phi) is 6.77. The average molecular weight is 481 g/mol. The van der Waals surface area contributed by atoms with Crippen LogP contribution in [0.2, 0.25) is 10.0 Å². The van der Waals surface area contributed by atoms with E-state index in [1.54, 1.807) is 67.6 Å². The van der Waals surface area contributed by atoms with E-state index in [2.05, 4.69) is 10.5 Å². The van der Waals surface area contributed by atoms with E-state index in [-0.39, 0.29) is 23.6 Å². The topological polar surface area (TPSA) is 81.4 Å². The minimum atomic E-state index is -0.541. The van der Waals surface area contributed by atoms with Crippen molar-refractivity contribution in [3.05, 3.63) is 111 Å². The van der Waals surface area contributed by atoms with Gasteiger partial charge in [0.05, 0.1) is 11.3 Å². The number of nitrogens with zero attached hydrogens (tertiary/aromatic N) is 1. The Bertz CT molecular complexity index is 1320. The summed E-state index contributed by atoms with van der Waals surface area (Å²) < 4.78 is 11.0. The van der Waals surface area contributed by atoms with E-state index < -0.39 is 5.91 Å². The number of carbonyl (C=O) groups is 2. The van der Waals surface area contributed by atoms with E-state index in [0.29, 0.717) is 38.4 Å². The van der Waals surface area contributed by atoms with Crippen molar-refractivity contribution in [1.82, 2.24) is 5.16 Å². The second kappa shape index (κ2) is 9.90. The number of hydrogen-bond donors (Lipinski definition) is 1. The van der Waals surface area contributed by atoms with Crippen LogP contribution in [0.5, 0.6) is 5.75 Å². The largest absolute Gasteiger partial charge is 0.489 e. The van der Waals surface area contributed by atoms with Crippen LogP contribution in [-0.2, 0) is 6.61 Å². The molecule has 1 aromatic heterocycles. The number of carbonyl (C=O) groups excluding carboxylic acids is 2. The second-order valence-electron chi connectivity index (χ2n) is 7.15. The predicted molar refractivity (Wildman–Crippen MR) is 126 cm³/mol. The van der Waals surface area contributed by atoms with Crippen LogP contribution in [0, 0.1) is 6.92 Å². The van der Waals surface area contributed by atoms with Crippen LogP contribution in [0.3, 0.4) is 0 Å². The number of benzene rings is 3. The maximum Gasteiger partial charge on any atom is 0.278 e. The molecule has 3 aromatic carbocycles. The van der Waals surface area contributed by atoms with E-state index in [0.717, 1.165) is 0 Å². The molecule has 0 aliphatic heterocycles. The molecule has 1 amide bonds. The number of ketones is 1. The number of rotatable bonds is 7. The molecule has 8 heteroatoms. The first kappa shape index (κ1) is 22.6. The van der Waals surface area contributed by atoms with Gasteiger partial charge in [0.1, 0.15) is 18.1 Å². The molecule has 0 atom stereocenters. The summed E-state index contributed by atoms with van der Waals surface area (Å²) in [4.78, 5) is 26.1. The molecule has 4 rings (SSSR count). The molecule has 0 unspecified atom stereocenters. The molecule has 1 heterocycles. The third-order valence-corrected chi connectivity index (χ3v) is 5.36. The quantitative estimate of drug-likeness (QED) is 0.311. The lowest BCUT2D eigenvalue weighted by Gasteiger charge is -2.11. The van der Waals surface area contributed by atoms with Crippen LogP contribution >= 0.6 is 23.2 Å². The number of nitrogens with one attached hydrogen (secondary N) is 1. The SMILES string of the molecule is Cc1onc(C(=O)Nc2ccc(Cl)cc2C(=O)c2ccccc2)c1COc1cccc(Cl)c1. The van der Waals surface area contributed by atoms with Gasteiger partial charge in [-0.05, 0) is 43.3 Å². The van der Waals surface area contributed by atoms with Gasteiger partial charge in [-0.1, -0.05) is 64.8 Å². The summed E-state index contributed by atoms with van der Waals surface area (Å²) in [5.74, 6) is 0.178. The summed E-state index contributed by atoms with van der Waals surface area (Å²) >= 11 is 12.1. The molecule has 6 nitrogen and oxygen atoms in total. The fourth-order valence-electron chi connectivity index (χ4n) is 3.19. The Hall–Kier alpha value is -3.61. The van der Waals surface area contributed by atoms with Crippen LogP contribution < -0.4 is 10.1 Å². The zero-order chi connectivity index (χ0) is 23.4. The van der Waals surface area contributed by atoms with Crippen molar-refractivity contribution >= 4 is 40.6 Å². The van der Waals surface area contributed by atoms with Gasteiger partial charge in [0, 0.05) is 21.2 Å². The molecular formula is C25H18Cl2N2O4. The van der Waals surface area contributed by atoms with Gasteiger partial charge in [0.25, 0.3) is 5.91 Å². The summed E-state index contributed by atoms with van der Waals surface area (Å²) in [6.07, 6.45) is 0. The van der Waals surface area contributed by atoms with Crippen LogP contribution in [0.25, 0.3) is 0 Å². The smallest absolute Gasteiger partial charge is 0.278 e. The highest BCUT2D eigenvalue weighted by atomic mass is 35.5. The maximum atomic E-state index is 13.1. The molecule has 0 bridgehead atoms. The fraction of sp³-hybridized carbons (Fsp3) is 0.0800. The number of anilines is 1. The summed E-state index contributed by atoms with van der Waals surface area (Å²) in [5, 5.41) is 7.54. The number of halogens is 2. The van der Waals surface area contributed by atoms with Crippen LogP contribution in [0.1, 0.15) is 37.7 Å². The first-order valence-electron chi connectivity index (χ1n) is 9.96. The van der Waals surface area contributed by atoms with Crippen molar-refractivity contribution < 1.29 is 18.8 Å². The average Bonchev–Trinajstić information content (AvgIpc) is 3.19. The van der Waals surface area contributed by atoms with Crippen LogP contribution in [0.15, 0.2) is 77.3 Å². The molecule has 166 valence electrons. The van der Waals surface area contributed by atoms with Gasteiger partial charge in [-0.15, -0.1) is 0 Å². The minimum absolute atomic E-state index is 0.0504. The monoisotopic (exact) mass is 480 g/mol. The Morgan fingerprint density at radius 1 is 0.970 bits per heavy atom. The minimum Gasteiger partial charge on any atom is -0.489 e. The van der Waals surface area contributed by atoms with Gasteiger partial charge in [-0.25, -0.2) is 0 Å². The van der Waals surface area contributed by atoms with Gasteiger partial charge < -0.3 is 14.6 Å². The normalized spacial score (nSPS) is 10.6. The van der Waals surface area contributed by atoms with E-state index in [1.807, 2.05) is 6.07 Å². The van der Waals surface area contributed by atoms with Crippen molar-refractivity contribution in [2.75, 3.05) is 5.32 Å². The molecule has 1 N–H and O–H groups in total. The highest BCUT2D eigenvalue weighted by Crippen LogP contribution is 2.26. The zero-order valence-corrected chi connectivity index (χ0v) is 19.0. The Balaban J connectivity index is 1.58. The van der Waals surface area contributed by atoms with Crippen molar-refractivity contribution in [3.8, 4) is 5.75 Å². The van der Waals surface area contributed by atoms with E-state index >= 15 is 0 Å². The van der Waals surface area contributed by atoms with Gasteiger partial charge in [-0.3, -0.25) is 9.59 Å². The molecule has 33 heavy (non-hydrogen) atoms. The lowest BCUT2D eigenvalue weighted by molar-refractivity contribution is 0.101. The molecular weight excluding hydrogens is 463 g/mol. The van der Waals surface area contributed by atoms with E-state index in [4.69, 9.17) is 32.5 Å². The predicted octanol–water partition coefficient (Wildman–Crippen LogP) is 6.35. The number of hydrogen-bond acceptors (Lipinski definition) is 5. The lowest BCUT2D eigenvalue weighted by Crippen LogP contribution is -2.18. The van der Waals surface area contributed by atoms with Crippen LogP contribution in [0.4, 0.5) is 5.69 Å². The summed E-state index contributed by atoms with van der Waals surface area (Å²) in [7, 11) is 0. The van der Waals surface area contributed by atoms with Gasteiger partial charge in [-0.2, -0.15) is 0 Å². The summed E-state index contributed by atoms with van der Waals surface area (Å²) in [6, 6.07) is 20.3. The van der Waals surface area contributed by atoms with E-state index in [1.165, 1.54) is 6.07 Å². The third-order valence-electron chi connectivity index (χ3n) is 4.89. The van der Waals surface area contributed by atoms with Crippen molar-refractivity contribution in [2.45, 2.75) is 13.5 Å². The summed E-state index contributed by atoms with van der Waals surface area (Å²) in [5.41, 5.74) is 1.59. The lowest BCUT2D eigenvalue weighted by atomic mass is 10.0. The molecule has 0 aliphatic carbocycles. The second-order valence-corrected chi connectivity index (χ2v) is 8.02. The first-order chi connectivity index (χ1) is 15.9. The van der Waals surface area contributed by atoms with E-state index in [9.17, 15) is 9.59 Å². The molecule has 4 aromatic rings. The molecule has 0 saturated carbocycles. The standard InChI is InChI=1S/C25H18Cl2N2O4/c1-15-21(14-32-19-9-5-8-17(26)12-19)23(29-33-15)25(31)28-22-11-10-18(27)13-20(22)24(30)16-6-3-2-4-7-16/h2-13H,14H2,1H3,(H,28,31). The number of aromatic nitrogens is 1. The van der Waals surface area contributed by atoms with Crippen molar-refractivity contribution in [2.24, 2.45) is 0 Å². The number of aryl methyl sites for hydroxylation is 1. The fourth-order valence-corrected chi connectivity index (χ4v) is 3.54. The van der Waals surface area contributed by atoms with Crippen molar-refractivity contribution in [3.63, 3.8) is 0 Å². The molecule has 0 aliphatic rings. The Labute approximate surface area is 200 Å². The molecule has 0 radical (unpaired) electrons.